The van der Waals surface area contributed by atoms with Crippen LogP contribution < -0.4 is 0 Å². The highest BCUT2D eigenvalue weighted by Gasteiger charge is 2.31. The van der Waals surface area contributed by atoms with Crippen LogP contribution in [0.2, 0.25) is 0 Å². The first kappa shape index (κ1) is 22.9. The van der Waals surface area contributed by atoms with E-state index in [-0.39, 0.29) is 0 Å². The molecule has 1 unspecified atom stereocenters. The van der Waals surface area contributed by atoms with E-state index in [2.05, 4.69) is 61.6 Å². The Hall–Kier alpha value is -0.260. The lowest BCUT2D eigenvalue weighted by Crippen LogP contribution is -2.28. The van der Waals surface area contributed by atoms with Gasteiger partial charge in [-0.15, -0.1) is 13.2 Å². The van der Waals surface area contributed by atoms with E-state index in [0.29, 0.717) is 10.8 Å². The predicted molar refractivity (Wildman–Crippen MR) is 89.1 cm³/mol. The smallest absolute Gasteiger partial charge is 0.0321 e. The summed E-state index contributed by atoms with van der Waals surface area (Å²) in [4.78, 5) is 0. The van der Waals surface area contributed by atoms with Gasteiger partial charge in [-0.2, -0.15) is 0 Å². The molecule has 0 spiro atoms. The van der Waals surface area contributed by atoms with Gasteiger partial charge in [0.15, 0.2) is 0 Å². The lowest BCUT2D eigenvalue weighted by atomic mass is 9.67. The predicted octanol–water partition coefficient (Wildman–Crippen LogP) is 7.10. The molecule has 0 nitrogen and oxygen atoms in total. The van der Waals surface area contributed by atoms with Crippen LogP contribution in [0.4, 0.5) is 0 Å². The molecule has 112 valence electrons. The van der Waals surface area contributed by atoms with Gasteiger partial charge in [0.25, 0.3) is 0 Å². The molecule has 0 aliphatic rings. The van der Waals surface area contributed by atoms with Crippen molar-refractivity contribution < 1.29 is 0 Å². The van der Waals surface area contributed by atoms with Crippen molar-refractivity contribution in [2.75, 3.05) is 0 Å². The monoisotopic (exact) mass is 256 g/mol. The van der Waals surface area contributed by atoms with Crippen LogP contribution in [0.3, 0.4) is 0 Å². The molecule has 0 aliphatic carbocycles. The molecule has 0 radical (unpaired) electrons. The quantitative estimate of drug-likeness (QED) is 0.460. The highest BCUT2D eigenvalue weighted by molar-refractivity contribution is 4.82. The molecule has 0 aromatic heterocycles. The molecule has 18 heavy (non-hydrogen) atoms. The molecule has 0 rings (SSSR count). The Morgan fingerprint density at radius 3 is 1.50 bits per heavy atom. The zero-order valence-corrected chi connectivity index (χ0v) is 14.8. The van der Waals surface area contributed by atoms with Gasteiger partial charge in [-0.3, -0.25) is 0 Å². The van der Waals surface area contributed by atoms with Gasteiger partial charge in [0.2, 0.25) is 0 Å². The van der Waals surface area contributed by atoms with Gasteiger partial charge in [0.05, 0.1) is 0 Å². The van der Waals surface area contributed by atoms with Gasteiger partial charge in [0, 0.05) is 0 Å². The van der Waals surface area contributed by atoms with E-state index in [1.165, 1.54) is 25.7 Å². The van der Waals surface area contributed by atoms with Crippen molar-refractivity contribution in [2.45, 2.75) is 88.0 Å². The van der Waals surface area contributed by atoms with Crippen molar-refractivity contribution in [3.8, 4) is 0 Å². The van der Waals surface area contributed by atoms with Crippen LogP contribution in [0.5, 0.6) is 0 Å². The molecule has 0 heterocycles. The van der Waals surface area contributed by atoms with Crippen molar-refractivity contribution in [3.05, 3.63) is 13.2 Å². The van der Waals surface area contributed by atoms with Crippen molar-refractivity contribution in [3.63, 3.8) is 0 Å². The minimum atomic E-state index is 0.463. The molecule has 0 amide bonds. The van der Waals surface area contributed by atoms with Crippen LogP contribution in [0.1, 0.15) is 88.0 Å². The largest absolute Gasteiger partial charge is 0.106 e. The molecule has 0 fully saturated rings. The number of hydrogen-bond acceptors (Lipinski definition) is 0. The van der Waals surface area contributed by atoms with E-state index >= 15 is 0 Å². The Kier molecular flexibility index (Phi) is 15.0. The maximum absolute atomic E-state index is 3.00. The van der Waals surface area contributed by atoms with Gasteiger partial charge in [-0.05, 0) is 23.2 Å². The van der Waals surface area contributed by atoms with Crippen molar-refractivity contribution in [2.24, 2.45) is 16.7 Å². The fourth-order valence-electron chi connectivity index (χ4n) is 3.01. The summed E-state index contributed by atoms with van der Waals surface area (Å²) >= 11 is 0. The first-order valence-electron chi connectivity index (χ1n) is 7.73. The third-order valence-corrected chi connectivity index (χ3v) is 3.22. The molecular weight excluding hydrogens is 216 g/mol. The van der Waals surface area contributed by atoms with Gasteiger partial charge in [-0.25, -0.2) is 0 Å². The summed E-state index contributed by atoms with van der Waals surface area (Å²) in [6, 6.07) is 0. The molecule has 0 aromatic carbocycles. The van der Waals surface area contributed by atoms with Gasteiger partial charge in [-0.1, -0.05) is 81.6 Å². The summed E-state index contributed by atoms with van der Waals surface area (Å²) in [6.45, 7) is 26.6. The lowest BCUT2D eigenvalue weighted by Gasteiger charge is -2.39. The Bertz CT molecular complexity index is 159. The number of rotatable bonds is 5. The molecule has 0 bridgehead atoms. The SMILES string of the molecule is C=C.CC.CCCC(CC)C(C)(C)CC(C)(C)C. The number of hydrogen-bond donors (Lipinski definition) is 0. The highest BCUT2D eigenvalue weighted by atomic mass is 14.4. The minimum absolute atomic E-state index is 0.463. The minimum Gasteiger partial charge on any atom is -0.106 e. The van der Waals surface area contributed by atoms with Crippen molar-refractivity contribution in [1.82, 2.24) is 0 Å². The maximum Gasteiger partial charge on any atom is -0.0321 e. The Balaban J connectivity index is -0.000000506. The van der Waals surface area contributed by atoms with E-state index < -0.39 is 0 Å². The standard InChI is InChI=1S/C14H30.C2H6.C2H4/c1-8-10-12(9-2)14(6,7)11-13(3,4)5;2*1-2/h12H,8-11H2,1-7H3;1-2H3;1-2H2. The van der Waals surface area contributed by atoms with E-state index in [1.807, 2.05) is 13.8 Å². The van der Waals surface area contributed by atoms with E-state index in [1.54, 1.807) is 0 Å². The molecular formula is C18H40. The van der Waals surface area contributed by atoms with E-state index in [9.17, 15) is 0 Å². The molecule has 0 aromatic rings. The van der Waals surface area contributed by atoms with Gasteiger partial charge < -0.3 is 0 Å². The topological polar surface area (TPSA) is 0 Å². The second-order valence-electron chi connectivity index (χ2n) is 6.62. The van der Waals surface area contributed by atoms with Gasteiger partial charge in [0.1, 0.15) is 0 Å². The van der Waals surface area contributed by atoms with Crippen LogP contribution >= 0.6 is 0 Å². The third-order valence-electron chi connectivity index (χ3n) is 3.22. The molecule has 0 saturated heterocycles. The van der Waals surface area contributed by atoms with Crippen LogP contribution in [0.25, 0.3) is 0 Å². The van der Waals surface area contributed by atoms with Gasteiger partial charge >= 0.3 is 0 Å². The molecule has 0 aliphatic heterocycles. The first-order chi connectivity index (χ1) is 8.23. The second kappa shape index (κ2) is 11.8. The molecule has 1 atom stereocenters. The Morgan fingerprint density at radius 2 is 1.28 bits per heavy atom. The summed E-state index contributed by atoms with van der Waals surface area (Å²) in [6.07, 6.45) is 5.38. The maximum atomic E-state index is 3.00. The summed E-state index contributed by atoms with van der Waals surface area (Å²) in [5.41, 5.74) is 0.966. The average molecular weight is 257 g/mol. The zero-order valence-electron chi connectivity index (χ0n) is 14.8. The molecule has 0 N–H and O–H groups in total. The van der Waals surface area contributed by atoms with E-state index in [4.69, 9.17) is 0 Å². The van der Waals surface area contributed by atoms with Crippen LogP contribution in [-0.2, 0) is 0 Å². The van der Waals surface area contributed by atoms with Crippen molar-refractivity contribution in [1.29, 1.82) is 0 Å². The first-order valence-corrected chi connectivity index (χ1v) is 7.73. The van der Waals surface area contributed by atoms with E-state index in [0.717, 1.165) is 5.92 Å². The fourth-order valence-corrected chi connectivity index (χ4v) is 3.01. The summed E-state index contributed by atoms with van der Waals surface area (Å²) in [5.74, 6) is 0.895. The van der Waals surface area contributed by atoms with Crippen LogP contribution in [0.15, 0.2) is 13.2 Å². The Morgan fingerprint density at radius 1 is 0.889 bits per heavy atom. The van der Waals surface area contributed by atoms with Crippen LogP contribution in [0, 0.1) is 16.7 Å². The highest BCUT2D eigenvalue weighted by Crippen LogP contribution is 2.42. The normalized spacial score (nSPS) is 12.7. The Labute approximate surface area is 118 Å². The second-order valence-corrected chi connectivity index (χ2v) is 6.62. The zero-order chi connectivity index (χ0) is 15.4. The average Bonchev–Trinajstić information content (AvgIpc) is 2.28. The third kappa shape index (κ3) is 12.2. The molecule has 0 saturated carbocycles. The summed E-state index contributed by atoms with van der Waals surface area (Å²) < 4.78 is 0. The summed E-state index contributed by atoms with van der Waals surface area (Å²) in [5, 5.41) is 0. The fraction of sp³-hybridized carbons (Fsp3) is 0.889. The summed E-state index contributed by atoms with van der Waals surface area (Å²) in [7, 11) is 0. The lowest BCUT2D eigenvalue weighted by molar-refractivity contribution is 0.119. The molecule has 0 heteroatoms. The van der Waals surface area contributed by atoms with Crippen LogP contribution in [-0.4, -0.2) is 0 Å². The van der Waals surface area contributed by atoms with Crippen molar-refractivity contribution >= 4 is 0 Å².